The van der Waals surface area contributed by atoms with Gasteiger partial charge in [0.1, 0.15) is 12.2 Å². The molecule has 2 N–H and O–H groups in total. The highest BCUT2D eigenvalue weighted by atomic mass is 19.4. The van der Waals surface area contributed by atoms with Gasteiger partial charge in [-0.25, -0.2) is 4.79 Å². The van der Waals surface area contributed by atoms with E-state index in [0.717, 1.165) is 6.26 Å². The number of carbonyl (C=O) groups is 1. The summed E-state index contributed by atoms with van der Waals surface area (Å²) in [6, 6.07) is 7.17. The fraction of sp³-hybridized carbons (Fsp3) is 0.238. The number of carbonyl (C=O) groups excluding carboxylic acids is 1. The molecule has 0 radical (unpaired) electrons. The summed E-state index contributed by atoms with van der Waals surface area (Å²) < 4.78 is 87.7. The summed E-state index contributed by atoms with van der Waals surface area (Å²) in [5.41, 5.74) is 2.66. The van der Waals surface area contributed by atoms with Crippen molar-refractivity contribution in [3.8, 4) is 0 Å². The molecule has 2 aromatic rings. The number of methoxy groups -OCH3 is 2. The monoisotopic (exact) mass is 476 g/mol. The maximum Gasteiger partial charge on any atom is 0.416 e. The van der Waals surface area contributed by atoms with Crippen LogP contribution in [-0.4, -0.2) is 26.0 Å². The van der Waals surface area contributed by atoms with E-state index < -0.39 is 40.8 Å². The Balaban J connectivity index is 2.34. The van der Waals surface area contributed by atoms with Crippen molar-refractivity contribution >= 4 is 17.4 Å². The third-order valence-corrected chi connectivity index (χ3v) is 4.21. The zero-order valence-corrected chi connectivity index (χ0v) is 17.3. The molecule has 0 amide bonds. The number of ether oxygens (including phenoxy) is 2. The van der Waals surface area contributed by atoms with E-state index in [2.05, 4.69) is 5.16 Å². The van der Waals surface area contributed by atoms with Crippen molar-refractivity contribution in [3.05, 3.63) is 76.5 Å². The van der Waals surface area contributed by atoms with Crippen LogP contribution in [0, 0.1) is 0 Å². The maximum atomic E-state index is 13.0. The molecular weight excluding hydrogens is 458 g/mol. The minimum atomic E-state index is -5.03. The van der Waals surface area contributed by atoms with E-state index in [4.69, 9.17) is 20.0 Å². The van der Waals surface area contributed by atoms with E-state index >= 15 is 0 Å². The summed E-state index contributed by atoms with van der Waals surface area (Å²) >= 11 is 0. The number of alkyl halides is 6. The van der Waals surface area contributed by atoms with Crippen LogP contribution in [-0.2, 0) is 38.1 Å². The summed E-state index contributed by atoms with van der Waals surface area (Å²) in [5.74, 6) is -1.42. The molecule has 0 aliphatic heterocycles. The zero-order chi connectivity index (χ0) is 24.8. The van der Waals surface area contributed by atoms with Crippen molar-refractivity contribution in [1.29, 1.82) is 0 Å². The van der Waals surface area contributed by atoms with Crippen molar-refractivity contribution in [2.24, 2.45) is 10.9 Å². The van der Waals surface area contributed by atoms with Gasteiger partial charge in [0.15, 0.2) is 5.84 Å². The Morgan fingerprint density at radius 2 is 1.58 bits per heavy atom. The second-order valence-electron chi connectivity index (χ2n) is 6.46. The summed E-state index contributed by atoms with van der Waals surface area (Å²) in [5, 5.41) is 3.44. The van der Waals surface area contributed by atoms with Crippen molar-refractivity contribution in [2.45, 2.75) is 19.0 Å². The van der Waals surface area contributed by atoms with Gasteiger partial charge in [-0.05, 0) is 23.8 Å². The molecule has 0 saturated carbocycles. The Morgan fingerprint density at radius 3 is 2.09 bits per heavy atom. The number of nitrogens with zero attached hydrogens (tertiary/aromatic N) is 1. The van der Waals surface area contributed by atoms with E-state index in [1.54, 1.807) is 24.3 Å². The molecule has 12 heteroatoms. The molecular formula is C21H18F6N2O4. The van der Waals surface area contributed by atoms with Crippen molar-refractivity contribution in [2.75, 3.05) is 14.2 Å². The van der Waals surface area contributed by atoms with Crippen LogP contribution in [0.1, 0.15) is 27.8 Å². The molecule has 0 bridgehead atoms. The zero-order valence-electron chi connectivity index (χ0n) is 17.3. The molecule has 0 spiro atoms. The summed E-state index contributed by atoms with van der Waals surface area (Å²) in [6.07, 6.45) is -8.92. The molecule has 0 aliphatic rings. The van der Waals surface area contributed by atoms with Crippen molar-refractivity contribution in [3.63, 3.8) is 0 Å². The third kappa shape index (κ3) is 6.64. The minimum absolute atomic E-state index is 0.0235. The average Bonchev–Trinajstić information content (AvgIpc) is 2.76. The molecule has 0 heterocycles. The van der Waals surface area contributed by atoms with Crippen molar-refractivity contribution in [1.82, 2.24) is 0 Å². The summed E-state index contributed by atoms with van der Waals surface area (Å²) in [7, 11) is 2.48. The lowest BCUT2D eigenvalue weighted by atomic mass is 10.0. The molecule has 2 rings (SSSR count). The lowest BCUT2D eigenvalue weighted by Gasteiger charge is -2.14. The number of oxime groups is 1. The quantitative estimate of drug-likeness (QED) is 0.119. The van der Waals surface area contributed by atoms with Crippen LogP contribution < -0.4 is 5.73 Å². The number of rotatable bonds is 7. The van der Waals surface area contributed by atoms with Crippen LogP contribution in [0.5, 0.6) is 0 Å². The number of benzene rings is 2. The fourth-order valence-corrected chi connectivity index (χ4v) is 2.69. The smallest absolute Gasteiger partial charge is 0.416 e. The molecule has 6 nitrogen and oxygen atoms in total. The molecule has 33 heavy (non-hydrogen) atoms. The van der Waals surface area contributed by atoms with Crippen molar-refractivity contribution < 1.29 is 45.4 Å². The molecule has 178 valence electrons. The van der Waals surface area contributed by atoms with Gasteiger partial charge in [-0.1, -0.05) is 29.4 Å². The second-order valence-corrected chi connectivity index (χ2v) is 6.46. The lowest BCUT2D eigenvalue weighted by Crippen LogP contribution is -2.18. The molecule has 0 saturated heterocycles. The Morgan fingerprint density at radius 1 is 1.00 bits per heavy atom. The van der Waals surface area contributed by atoms with Gasteiger partial charge in [-0.3, -0.25) is 0 Å². The number of hydrogen-bond donors (Lipinski definition) is 1. The number of hydrogen-bond acceptors (Lipinski definition) is 5. The van der Waals surface area contributed by atoms with Gasteiger partial charge in [-0.2, -0.15) is 26.3 Å². The van der Waals surface area contributed by atoms with E-state index in [1.807, 2.05) is 0 Å². The van der Waals surface area contributed by atoms with Crippen LogP contribution >= 0.6 is 0 Å². The van der Waals surface area contributed by atoms with Crippen LogP contribution in [0.25, 0.3) is 5.57 Å². The van der Waals surface area contributed by atoms with E-state index in [-0.39, 0.29) is 18.2 Å². The predicted molar refractivity (Wildman–Crippen MR) is 105 cm³/mol. The normalized spacial score (nSPS) is 13.0. The average molecular weight is 476 g/mol. The number of nitrogens with two attached hydrogens (primary N) is 1. The minimum Gasteiger partial charge on any atom is -0.503 e. The Labute approximate surface area is 184 Å². The SMILES string of the molecule is COC=C(C(=O)OC)c1ccccc1CON=C(N)c1cc(C(F)(F)F)cc(C(F)(F)F)c1. The van der Waals surface area contributed by atoms with Gasteiger partial charge >= 0.3 is 18.3 Å². The first-order valence-electron chi connectivity index (χ1n) is 9.03. The van der Waals surface area contributed by atoms with Gasteiger partial charge in [0, 0.05) is 11.1 Å². The maximum absolute atomic E-state index is 13.0. The number of amidine groups is 1. The molecule has 2 aromatic carbocycles. The number of halogens is 6. The van der Waals surface area contributed by atoms with Crippen LogP contribution in [0.15, 0.2) is 53.9 Å². The Bertz CT molecular complexity index is 1030. The topological polar surface area (TPSA) is 83.1 Å². The number of esters is 1. The second kappa shape index (κ2) is 10.3. The largest absolute Gasteiger partial charge is 0.503 e. The summed E-state index contributed by atoms with van der Waals surface area (Å²) in [4.78, 5) is 17.1. The Kier molecular flexibility index (Phi) is 7.96. The van der Waals surface area contributed by atoms with E-state index in [0.29, 0.717) is 23.3 Å². The van der Waals surface area contributed by atoms with Gasteiger partial charge in [0.25, 0.3) is 0 Å². The van der Waals surface area contributed by atoms with Gasteiger partial charge in [-0.15, -0.1) is 0 Å². The third-order valence-electron chi connectivity index (χ3n) is 4.21. The van der Waals surface area contributed by atoms with Gasteiger partial charge in [0.05, 0.1) is 31.6 Å². The molecule has 0 unspecified atom stereocenters. The van der Waals surface area contributed by atoms with Gasteiger partial charge in [0.2, 0.25) is 0 Å². The van der Waals surface area contributed by atoms with E-state index in [1.165, 1.54) is 14.2 Å². The summed E-state index contributed by atoms with van der Waals surface area (Å²) in [6.45, 7) is -0.319. The highest BCUT2D eigenvalue weighted by Crippen LogP contribution is 2.36. The first-order valence-corrected chi connectivity index (χ1v) is 9.03. The van der Waals surface area contributed by atoms with Crippen LogP contribution in [0.4, 0.5) is 26.3 Å². The van der Waals surface area contributed by atoms with E-state index in [9.17, 15) is 31.1 Å². The first kappa shape index (κ1) is 25.6. The molecule has 0 aromatic heterocycles. The standard InChI is InChI=1S/C21H18F6N2O4/c1-31-11-17(19(30)32-2)16-6-4-3-5-12(16)10-33-29-18(28)13-7-14(20(22,23)24)9-15(8-13)21(25,26)27/h3-9,11H,10H2,1-2H3,(H2,28,29). The fourth-order valence-electron chi connectivity index (χ4n) is 2.69. The molecule has 0 fully saturated rings. The highest BCUT2D eigenvalue weighted by molar-refractivity contribution is 6.16. The van der Waals surface area contributed by atoms with Crippen LogP contribution in [0.3, 0.4) is 0 Å². The first-order chi connectivity index (χ1) is 15.4. The van der Waals surface area contributed by atoms with Crippen LogP contribution in [0.2, 0.25) is 0 Å². The molecule has 0 atom stereocenters. The highest BCUT2D eigenvalue weighted by Gasteiger charge is 2.37. The molecule has 0 aliphatic carbocycles. The Hall–Kier alpha value is -3.70. The van der Waals surface area contributed by atoms with Gasteiger partial charge < -0.3 is 20.0 Å². The predicted octanol–water partition coefficient (Wildman–Crippen LogP) is 4.72. The lowest BCUT2D eigenvalue weighted by molar-refractivity contribution is -0.143.